The Labute approximate surface area is 232 Å². The minimum absolute atomic E-state index is 0.00368. The van der Waals surface area contributed by atoms with Crippen molar-refractivity contribution in [2.75, 3.05) is 26.6 Å². The third-order valence-electron chi connectivity index (χ3n) is 7.14. The molecule has 1 aromatic heterocycles. The Kier molecular flexibility index (Phi) is 9.23. The molecule has 1 heterocycles. The Hall–Kier alpha value is -4.16. The van der Waals surface area contributed by atoms with Crippen molar-refractivity contribution in [2.24, 2.45) is 5.92 Å². The van der Waals surface area contributed by atoms with Crippen LogP contribution in [0.4, 0.5) is 5.69 Å². The van der Waals surface area contributed by atoms with Gasteiger partial charge in [0.2, 0.25) is 5.91 Å². The number of hydrogen-bond acceptors (Lipinski definition) is 8. The highest BCUT2D eigenvalue weighted by Crippen LogP contribution is 2.29. The predicted molar refractivity (Wildman–Crippen MR) is 151 cm³/mol. The molecule has 3 aromatic rings. The molecule has 1 saturated carbocycles. The number of carbonyl (C=O) groups excluding carboxylic acids is 3. The van der Waals surface area contributed by atoms with Crippen LogP contribution in [0.25, 0.3) is 10.9 Å². The summed E-state index contributed by atoms with van der Waals surface area (Å²) in [6.45, 7) is 0. The van der Waals surface area contributed by atoms with E-state index in [1.165, 1.54) is 45.5 Å². The first kappa shape index (κ1) is 28.8. The number of anilines is 1. The van der Waals surface area contributed by atoms with Gasteiger partial charge < -0.3 is 35.5 Å². The van der Waals surface area contributed by atoms with E-state index in [1.807, 2.05) is 0 Å². The van der Waals surface area contributed by atoms with E-state index in [1.54, 1.807) is 18.2 Å². The molecule has 0 saturated heterocycles. The van der Waals surface area contributed by atoms with Gasteiger partial charge in [0.1, 0.15) is 23.2 Å². The number of benzene rings is 2. The highest BCUT2D eigenvalue weighted by atomic mass is 16.5. The van der Waals surface area contributed by atoms with Crippen LogP contribution in [0.3, 0.4) is 0 Å². The fourth-order valence-electron chi connectivity index (χ4n) is 5.03. The van der Waals surface area contributed by atoms with Gasteiger partial charge >= 0.3 is 7.12 Å². The lowest BCUT2D eigenvalue weighted by Crippen LogP contribution is -2.50. The van der Waals surface area contributed by atoms with Crippen LogP contribution in [0.15, 0.2) is 42.5 Å². The smallest absolute Gasteiger partial charge is 0.488 e. The number of fused-ring (bicyclic) bond motifs is 1. The minimum atomic E-state index is -1.90. The number of amides is 3. The number of methoxy groups -OCH3 is 2. The number of aromatic nitrogens is 1. The van der Waals surface area contributed by atoms with Gasteiger partial charge in [-0.1, -0.05) is 19.3 Å². The van der Waals surface area contributed by atoms with E-state index in [0.29, 0.717) is 22.4 Å². The molecule has 1 fully saturated rings. The number of hydrogen-bond donors (Lipinski definition) is 5. The molecule has 0 spiro atoms. The molecule has 11 nitrogen and oxygen atoms in total. The summed E-state index contributed by atoms with van der Waals surface area (Å²) in [6, 6.07) is 10.0. The molecule has 1 aliphatic rings. The SMILES string of the molecule is CNC(=O)[C@@H](NC(=O)c1cc(NC(=O)c2cc(OC)c3ccc(OC)cc3n2)cc(B(O)O)c1)C1CCCCC1. The summed E-state index contributed by atoms with van der Waals surface area (Å²) in [5.74, 6) is -0.487. The van der Waals surface area contributed by atoms with Gasteiger partial charge in [-0.25, -0.2) is 4.98 Å². The maximum absolute atomic E-state index is 13.3. The molecular formula is C28H33BN4O7. The maximum Gasteiger partial charge on any atom is 0.488 e. The zero-order chi connectivity index (χ0) is 28.8. The monoisotopic (exact) mass is 548 g/mol. The lowest BCUT2D eigenvalue weighted by atomic mass is 9.79. The lowest BCUT2D eigenvalue weighted by Gasteiger charge is -2.29. The molecular weight excluding hydrogens is 515 g/mol. The van der Waals surface area contributed by atoms with Crippen LogP contribution in [0.1, 0.15) is 53.0 Å². The quantitative estimate of drug-likeness (QED) is 0.252. The van der Waals surface area contributed by atoms with E-state index in [0.717, 1.165) is 32.1 Å². The van der Waals surface area contributed by atoms with Gasteiger partial charge in [0.15, 0.2) is 0 Å². The van der Waals surface area contributed by atoms with Crippen molar-refractivity contribution in [1.82, 2.24) is 15.6 Å². The van der Waals surface area contributed by atoms with E-state index in [2.05, 4.69) is 20.9 Å². The Morgan fingerprint density at radius 1 is 0.975 bits per heavy atom. The van der Waals surface area contributed by atoms with Crippen molar-refractivity contribution < 1.29 is 33.9 Å². The van der Waals surface area contributed by atoms with Crippen LogP contribution in [0.5, 0.6) is 11.5 Å². The molecule has 0 unspecified atom stereocenters. The highest BCUT2D eigenvalue weighted by Gasteiger charge is 2.31. The van der Waals surface area contributed by atoms with Gasteiger partial charge in [-0.2, -0.15) is 0 Å². The highest BCUT2D eigenvalue weighted by molar-refractivity contribution is 6.58. The fraction of sp³-hybridized carbons (Fsp3) is 0.357. The predicted octanol–water partition coefficient (Wildman–Crippen LogP) is 1.61. The van der Waals surface area contributed by atoms with Crippen LogP contribution in [-0.4, -0.2) is 67.2 Å². The third-order valence-corrected chi connectivity index (χ3v) is 7.14. The van der Waals surface area contributed by atoms with Gasteiger partial charge in [0.05, 0.1) is 19.7 Å². The first-order chi connectivity index (χ1) is 19.2. The van der Waals surface area contributed by atoms with Crippen LogP contribution < -0.4 is 30.9 Å². The summed E-state index contributed by atoms with van der Waals surface area (Å²) in [6.07, 6.45) is 4.70. The first-order valence-corrected chi connectivity index (χ1v) is 13.1. The van der Waals surface area contributed by atoms with Crippen molar-refractivity contribution in [3.05, 3.63) is 53.7 Å². The molecule has 1 aliphatic carbocycles. The number of pyridine rings is 1. The Balaban J connectivity index is 1.62. The zero-order valence-electron chi connectivity index (χ0n) is 22.7. The molecule has 5 N–H and O–H groups in total. The van der Waals surface area contributed by atoms with Crippen molar-refractivity contribution in [3.63, 3.8) is 0 Å². The lowest BCUT2D eigenvalue weighted by molar-refractivity contribution is -0.124. The molecule has 2 aromatic carbocycles. The van der Waals surface area contributed by atoms with Gasteiger partial charge in [-0.05, 0) is 54.6 Å². The zero-order valence-corrected chi connectivity index (χ0v) is 22.7. The normalized spacial score (nSPS) is 14.2. The fourth-order valence-corrected chi connectivity index (χ4v) is 5.03. The van der Waals surface area contributed by atoms with E-state index < -0.39 is 25.0 Å². The summed E-state index contributed by atoms with van der Waals surface area (Å²) >= 11 is 0. The second kappa shape index (κ2) is 12.8. The Morgan fingerprint density at radius 2 is 1.73 bits per heavy atom. The first-order valence-electron chi connectivity index (χ1n) is 13.1. The largest absolute Gasteiger partial charge is 0.497 e. The molecule has 4 rings (SSSR count). The number of ether oxygens (including phenoxy) is 2. The second-order valence-electron chi connectivity index (χ2n) is 9.73. The summed E-state index contributed by atoms with van der Waals surface area (Å²) in [7, 11) is 2.63. The molecule has 3 amide bonds. The summed E-state index contributed by atoms with van der Waals surface area (Å²) in [5, 5.41) is 28.5. The molecule has 40 heavy (non-hydrogen) atoms. The van der Waals surface area contributed by atoms with E-state index >= 15 is 0 Å². The number of carbonyl (C=O) groups is 3. The van der Waals surface area contributed by atoms with E-state index in [4.69, 9.17) is 9.47 Å². The number of likely N-dealkylation sites (N-methyl/N-ethyl adjacent to an activating group) is 1. The molecule has 12 heteroatoms. The van der Waals surface area contributed by atoms with Crippen LogP contribution in [0.2, 0.25) is 0 Å². The maximum atomic E-state index is 13.3. The summed E-state index contributed by atoms with van der Waals surface area (Å²) in [4.78, 5) is 43.5. The van der Waals surface area contributed by atoms with Crippen LogP contribution in [0, 0.1) is 5.92 Å². The Bertz CT molecular complexity index is 1410. The average molecular weight is 548 g/mol. The van der Waals surface area contributed by atoms with Crippen molar-refractivity contribution in [2.45, 2.75) is 38.1 Å². The van der Waals surface area contributed by atoms with Crippen LogP contribution in [-0.2, 0) is 4.79 Å². The molecule has 1 atom stereocenters. The van der Waals surface area contributed by atoms with Crippen LogP contribution >= 0.6 is 0 Å². The van der Waals surface area contributed by atoms with Gasteiger partial charge in [-0.3, -0.25) is 14.4 Å². The molecule has 0 aliphatic heterocycles. The van der Waals surface area contributed by atoms with E-state index in [9.17, 15) is 24.4 Å². The number of nitrogens with zero attached hydrogens (tertiary/aromatic N) is 1. The van der Waals surface area contributed by atoms with Crippen molar-refractivity contribution in [3.8, 4) is 11.5 Å². The third kappa shape index (κ3) is 6.52. The number of rotatable bonds is 9. The average Bonchev–Trinajstić information content (AvgIpc) is 2.98. The molecule has 0 bridgehead atoms. The molecule has 0 radical (unpaired) electrons. The van der Waals surface area contributed by atoms with Gasteiger partial charge in [0, 0.05) is 35.8 Å². The van der Waals surface area contributed by atoms with Gasteiger partial charge in [-0.15, -0.1) is 0 Å². The second-order valence-corrected chi connectivity index (χ2v) is 9.73. The topological polar surface area (TPSA) is 159 Å². The van der Waals surface area contributed by atoms with Crippen molar-refractivity contribution in [1.29, 1.82) is 0 Å². The number of nitrogens with one attached hydrogen (secondary N) is 3. The van der Waals surface area contributed by atoms with Gasteiger partial charge in [0.25, 0.3) is 11.8 Å². The van der Waals surface area contributed by atoms with Crippen molar-refractivity contribution >= 4 is 46.9 Å². The summed E-state index contributed by atoms with van der Waals surface area (Å²) < 4.78 is 10.7. The standard InChI is InChI=1S/C28H33BN4O7/c1-30-28(36)25(16-7-5-4-6-8-16)33-26(34)17-11-18(29(37)38)13-19(12-17)31-27(35)23-15-24(40-3)21-10-9-20(39-2)14-22(21)32-23/h9-16,25,37-38H,4-8H2,1-3H3,(H,30,36)(H,31,35)(H,33,34)/t25-/m0/s1. The van der Waals surface area contributed by atoms with E-state index in [-0.39, 0.29) is 34.2 Å². The molecule has 210 valence electrons. The minimum Gasteiger partial charge on any atom is -0.497 e. The Morgan fingerprint density at radius 3 is 2.38 bits per heavy atom. The summed E-state index contributed by atoms with van der Waals surface area (Å²) in [5.41, 5.74) is 0.702.